The number of imide groups is 1. The summed E-state index contributed by atoms with van der Waals surface area (Å²) in [5.74, 6) is -4.73. The Morgan fingerprint density at radius 1 is 0.816 bits per heavy atom. The third-order valence-electron chi connectivity index (χ3n) is 19.8. The Balaban J connectivity index is 0.707. The van der Waals surface area contributed by atoms with Crippen LogP contribution in [0.5, 0.6) is 0 Å². The fourth-order valence-corrected chi connectivity index (χ4v) is 17.6. The van der Waals surface area contributed by atoms with Gasteiger partial charge >= 0.3 is 18.1 Å². The average Bonchev–Trinajstić information content (AvgIpc) is 0.895. The molecule has 546 valence electrons. The molecule has 0 spiro atoms. The minimum Gasteiger partial charge on any atom is -0.476 e. The second-order valence-corrected chi connectivity index (χ2v) is 31.5. The molecule has 5 atom stereocenters. The highest BCUT2D eigenvalue weighted by molar-refractivity contribution is 7.85. The molecule has 4 aliphatic carbocycles. The molecule has 0 radical (unpaired) electrons. The first kappa shape index (κ1) is 74.4. The van der Waals surface area contributed by atoms with E-state index in [4.69, 9.17) is 25.3 Å². The molecular formula is C73H87N13O15S2. The summed E-state index contributed by atoms with van der Waals surface area (Å²) >= 11 is 1.42. The quantitative estimate of drug-likeness (QED) is 0.00801. The highest BCUT2D eigenvalue weighted by atomic mass is 32.2. The maximum atomic E-state index is 13.9. The number of primary amides is 1. The molecule has 4 aromatic heterocycles. The summed E-state index contributed by atoms with van der Waals surface area (Å²) < 4.78 is 49.7. The van der Waals surface area contributed by atoms with Crippen molar-refractivity contribution in [1.29, 1.82) is 0 Å². The summed E-state index contributed by atoms with van der Waals surface area (Å²) in [5, 5.41) is 42.2. The van der Waals surface area contributed by atoms with E-state index in [-0.39, 0.29) is 91.8 Å². The lowest BCUT2D eigenvalue weighted by Gasteiger charge is -2.69. The number of urea groups is 1. The number of carboxylic acid groups (broad SMARTS) is 1. The number of amides is 8. The molecule has 103 heavy (non-hydrogen) atoms. The van der Waals surface area contributed by atoms with Crippen LogP contribution in [0.1, 0.15) is 138 Å². The first-order chi connectivity index (χ1) is 49.0. The number of benzene rings is 3. The average molecular weight is 1450 g/mol. The Morgan fingerprint density at radius 2 is 1.55 bits per heavy atom. The molecule has 3 unspecified atom stereocenters. The van der Waals surface area contributed by atoms with E-state index in [1.807, 2.05) is 54.1 Å². The number of aromatic carboxylic acids is 1. The lowest BCUT2D eigenvalue weighted by Crippen LogP contribution is -2.64. The van der Waals surface area contributed by atoms with E-state index >= 15 is 0 Å². The topological polar surface area (TPSA) is 399 Å². The van der Waals surface area contributed by atoms with E-state index < -0.39 is 82.1 Å². The van der Waals surface area contributed by atoms with Gasteiger partial charge in [0.2, 0.25) is 17.7 Å². The zero-order valence-electron chi connectivity index (χ0n) is 58.1. The summed E-state index contributed by atoms with van der Waals surface area (Å²) in [7, 11) is -4.51. The number of ether oxygens (including phenoxy) is 2. The van der Waals surface area contributed by atoms with Crippen LogP contribution in [-0.4, -0.2) is 162 Å². The van der Waals surface area contributed by atoms with Crippen molar-refractivity contribution in [1.82, 2.24) is 50.5 Å². The van der Waals surface area contributed by atoms with Crippen molar-refractivity contribution in [2.45, 2.75) is 149 Å². The van der Waals surface area contributed by atoms with Crippen LogP contribution in [0.3, 0.4) is 0 Å². The van der Waals surface area contributed by atoms with Crippen molar-refractivity contribution in [3.05, 3.63) is 132 Å². The van der Waals surface area contributed by atoms with E-state index in [9.17, 15) is 61.5 Å². The van der Waals surface area contributed by atoms with Crippen LogP contribution in [0.25, 0.3) is 43.5 Å². The van der Waals surface area contributed by atoms with Gasteiger partial charge in [0.1, 0.15) is 18.7 Å². The summed E-state index contributed by atoms with van der Waals surface area (Å²) in [4.78, 5) is 119. The van der Waals surface area contributed by atoms with Crippen LogP contribution in [0, 0.1) is 29.1 Å². The summed E-state index contributed by atoms with van der Waals surface area (Å²) in [5.41, 5.74) is 9.55. The van der Waals surface area contributed by atoms with Crippen molar-refractivity contribution in [2.24, 2.45) is 27.9 Å². The number of nitrogens with zero attached hydrogens (tertiary/aromatic N) is 7. The van der Waals surface area contributed by atoms with Gasteiger partial charge in [-0.05, 0) is 153 Å². The lowest BCUT2D eigenvalue weighted by molar-refractivity contribution is -0.248. The van der Waals surface area contributed by atoms with E-state index in [1.165, 1.54) is 28.4 Å². The van der Waals surface area contributed by atoms with Crippen molar-refractivity contribution < 1.29 is 71.0 Å². The minimum absolute atomic E-state index is 0.0230. The molecule has 10 N–H and O–H groups in total. The number of nitrogens with two attached hydrogens (primary N) is 1. The number of para-hydroxylation sites is 1. The molecule has 3 aromatic carbocycles. The molecule has 5 heterocycles. The van der Waals surface area contributed by atoms with Crippen LogP contribution < -0.4 is 32.3 Å². The Kier molecular flexibility index (Phi) is 22.4. The Bertz CT molecular complexity index is 4470. The van der Waals surface area contributed by atoms with E-state index in [1.54, 1.807) is 68.7 Å². The summed E-state index contributed by atoms with van der Waals surface area (Å²) in [6.07, 6.45) is 10.5. The fourth-order valence-electron chi connectivity index (χ4n) is 16.3. The molecule has 1 aliphatic heterocycles. The van der Waals surface area contributed by atoms with Gasteiger partial charge in [0.15, 0.2) is 17.1 Å². The number of aromatic nitrogens is 5. The number of rotatable bonds is 33. The monoisotopic (exact) mass is 1450 g/mol. The van der Waals surface area contributed by atoms with Crippen molar-refractivity contribution >= 4 is 101 Å². The number of hydrogen-bond acceptors (Lipinski definition) is 19. The second-order valence-electron chi connectivity index (χ2n) is 28.8. The number of carboxylic acids is 1. The van der Waals surface area contributed by atoms with Gasteiger partial charge in [0.25, 0.3) is 21.9 Å². The molecule has 5 aliphatic rings. The zero-order chi connectivity index (χ0) is 73.6. The standard InChI is InChI=1S/C73H87N13O15S2/c1-44(2)61(82-58(87)15-7-6-10-29-85-59(88)24-25-60(85)89)65(92)80-56(13-11-27-76-67(74)95)64(91)78-48-19-16-46(17-20-48)36-100-69(96)84(31-33-103(97,98)99)30-32-101-73-40-70(4)37-71(5,41-73)39-72(38-70,42-73)43-86-45(3)52(35-77-86)49-21-23-53(79-62(49)66(93)94)47-18-22-54-51(34-47)50(26-28-75-54)63(90)83-68-81-55-12-8-9-14-57(55)102-68/h8-9,12,14,16-26,28,34-35,44,56,61,63,90H,6-7,10-11,13,15,27,29-33,36-43H2,1-5H3,(H,78,91)(H,80,92)(H,81,83)(H,82,87)(H,93,94)(H3,74,76,95)(H,97,98,99)/t56-,61-,63?,70?,71?,72?,73?/m0/s1. The van der Waals surface area contributed by atoms with E-state index in [0.717, 1.165) is 52.9 Å². The molecule has 0 saturated heterocycles. The van der Waals surface area contributed by atoms with Gasteiger partial charge < -0.3 is 56.9 Å². The van der Waals surface area contributed by atoms with E-state index in [2.05, 4.69) is 50.4 Å². The number of fused-ring (bicyclic) bond motifs is 2. The Hall–Kier alpha value is -9.75. The molecule has 4 bridgehead atoms. The number of thiazole rings is 1. The number of carbonyl (C=O) groups is 8. The smallest absolute Gasteiger partial charge is 0.410 e. The molecule has 28 nitrogen and oxygen atoms in total. The number of hydrogen-bond donors (Lipinski definition) is 9. The number of carbonyl (C=O) groups excluding carboxylic acids is 7. The van der Waals surface area contributed by atoms with Gasteiger partial charge in [0.05, 0.1) is 45.6 Å². The Morgan fingerprint density at radius 3 is 2.25 bits per heavy atom. The van der Waals surface area contributed by atoms with Crippen molar-refractivity contribution in [3.63, 3.8) is 0 Å². The number of unbranched alkanes of at least 4 members (excludes halogenated alkanes) is 2. The summed E-state index contributed by atoms with van der Waals surface area (Å²) in [6.45, 7) is 10.1. The lowest BCUT2D eigenvalue weighted by atomic mass is 9.39. The molecule has 30 heteroatoms. The molecule has 12 rings (SSSR count). The predicted molar refractivity (Wildman–Crippen MR) is 384 cm³/mol. The highest BCUT2D eigenvalue weighted by Crippen LogP contribution is 2.72. The number of aliphatic hydroxyl groups is 1. The molecule has 8 amide bonds. The van der Waals surface area contributed by atoms with Crippen LogP contribution in [-0.2, 0) is 56.7 Å². The van der Waals surface area contributed by atoms with Crippen LogP contribution in [0.15, 0.2) is 109 Å². The van der Waals surface area contributed by atoms with Gasteiger partial charge in [0, 0.05) is 96.5 Å². The number of anilines is 2. The third kappa shape index (κ3) is 18.2. The van der Waals surface area contributed by atoms with Gasteiger partial charge in [-0.1, -0.05) is 75.8 Å². The number of pyridine rings is 2. The minimum atomic E-state index is -4.51. The predicted octanol–water partition coefficient (Wildman–Crippen LogP) is 9.04. The first-order valence-electron chi connectivity index (χ1n) is 34.5. The molecule has 4 fully saturated rings. The number of nitrogens with one attached hydrogen (secondary N) is 5. The largest absolute Gasteiger partial charge is 0.476 e. The SMILES string of the molecule is Cc1c(-c2ccc(-c3ccc4nccc(C(O)Nc5nc6ccccc6s5)c4c3)nc2C(=O)O)cnn1CC12CC3(C)CC(C)(C1)CC(OCCN(CCS(=O)(=O)O)C(=O)OCc1ccc(NC(=O)[C@H](CCCNC(N)=O)NC(=O)[C@@H](NC(=O)CCCCCN4C(=O)C=CC4=O)C(C)C)cc1)(C3)C2. The van der Waals surface area contributed by atoms with Gasteiger partial charge in [-0.3, -0.25) is 43.1 Å². The number of aliphatic hydroxyl groups excluding tert-OH is 1. The fraction of sp³-hybridized carbons (Fsp3) is 0.452. The van der Waals surface area contributed by atoms with Crippen molar-refractivity contribution in [3.8, 4) is 22.4 Å². The third-order valence-corrected chi connectivity index (χ3v) is 21.5. The van der Waals surface area contributed by atoms with E-state index in [0.29, 0.717) is 87.5 Å². The van der Waals surface area contributed by atoms with Crippen molar-refractivity contribution in [2.75, 3.05) is 49.2 Å². The highest BCUT2D eigenvalue weighted by Gasteiger charge is 2.66. The summed E-state index contributed by atoms with van der Waals surface area (Å²) in [6, 6.07) is 21.8. The first-order valence-corrected chi connectivity index (χ1v) is 36.9. The van der Waals surface area contributed by atoms with Gasteiger partial charge in [-0.25, -0.2) is 24.4 Å². The van der Waals surface area contributed by atoms with Crippen LogP contribution >= 0.6 is 11.3 Å². The second kappa shape index (κ2) is 31.1. The molecule has 7 aromatic rings. The maximum absolute atomic E-state index is 13.9. The van der Waals surface area contributed by atoms with Gasteiger partial charge in [-0.15, -0.1) is 0 Å². The normalized spacial score (nSPS) is 20.6. The van der Waals surface area contributed by atoms with Crippen LogP contribution in [0.4, 0.5) is 20.4 Å². The molecule has 4 saturated carbocycles. The Labute approximate surface area is 599 Å². The zero-order valence-corrected chi connectivity index (χ0v) is 59.7. The maximum Gasteiger partial charge on any atom is 0.410 e. The van der Waals surface area contributed by atoms with Gasteiger partial charge in [-0.2, -0.15) is 13.5 Å². The van der Waals surface area contributed by atoms with Crippen LogP contribution in [0.2, 0.25) is 0 Å². The molecular weight excluding hydrogens is 1360 g/mol.